The first kappa shape index (κ1) is 19.9. The Kier molecular flexibility index (Phi) is 5.09. The third-order valence-electron chi connectivity index (χ3n) is 5.43. The van der Waals surface area contributed by atoms with E-state index in [0.717, 1.165) is 48.3 Å². The molecular formula is C21H20ClFN6O2. The van der Waals surface area contributed by atoms with Crippen molar-refractivity contribution in [2.45, 2.75) is 26.1 Å². The van der Waals surface area contributed by atoms with E-state index in [-0.39, 0.29) is 6.61 Å². The normalized spacial score (nSPS) is 14.6. The van der Waals surface area contributed by atoms with Gasteiger partial charge in [-0.3, -0.25) is 9.67 Å². The van der Waals surface area contributed by atoms with Crippen molar-refractivity contribution in [3.05, 3.63) is 64.6 Å². The van der Waals surface area contributed by atoms with Gasteiger partial charge in [-0.15, -0.1) is 0 Å². The second-order valence-corrected chi connectivity index (χ2v) is 7.80. The molecule has 4 aromatic rings. The molecule has 0 fully saturated rings. The van der Waals surface area contributed by atoms with E-state index in [0.29, 0.717) is 22.0 Å². The predicted molar refractivity (Wildman–Crippen MR) is 113 cm³/mol. The van der Waals surface area contributed by atoms with Crippen LogP contribution >= 0.6 is 11.6 Å². The van der Waals surface area contributed by atoms with E-state index in [2.05, 4.69) is 15.4 Å². The molecule has 8 nitrogen and oxygen atoms in total. The van der Waals surface area contributed by atoms with Crippen LogP contribution in [-0.2, 0) is 13.1 Å². The molecule has 5 rings (SSSR count). The van der Waals surface area contributed by atoms with Gasteiger partial charge in [0.05, 0.1) is 47.6 Å². The maximum atomic E-state index is 13.3. The molecule has 0 aliphatic carbocycles. The van der Waals surface area contributed by atoms with Gasteiger partial charge < -0.3 is 15.2 Å². The highest BCUT2D eigenvalue weighted by molar-refractivity contribution is 6.34. The van der Waals surface area contributed by atoms with Gasteiger partial charge in [-0.25, -0.2) is 8.91 Å². The van der Waals surface area contributed by atoms with Gasteiger partial charge in [-0.1, -0.05) is 11.6 Å². The number of nitrogens with zero attached hydrogens (tertiary/aromatic N) is 5. The maximum absolute atomic E-state index is 13.3. The number of halogens is 2. The quantitative estimate of drug-likeness (QED) is 0.494. The Labute approximate surface area is 182 Å². The molecule has 0 saturated heterocycles. The van der Waals surface area contributed by atoms with E-state index in [4.69, 9.17) is 21.4 Å². The Morgan fingerprint density at radius 2 is 2.23 bits per heavy atom. The molecule has 31 heavy (non-hydrogen) atoms. The van der Waals surface area contributed by atoms with Crippen molar-refractivity contribution in [3.63, 3.8) is 0 Å². The van der Waals surface area contributed by atoms with Crippen LogP contribution in [0.2, 0.25) is 5.02 Å². The molecule has 0 radical (unpaired) electrons. The number of fused-ring (bicyclic) bond motifs is 2. The fourth-order valence-corrected chi connectivity index (χ4v) is 4.07. The van der Waals surface area contributed by atoms with Crippen molar-refractivity contribution >= 4 is 17.1 Å². The third kappa shape index (κ3) is 3.54. The number of aliphatic hydroxyl groups is 1. The molecule has 0 aromatic carbocycles. The van der Waals surface area contributed by atoms with Crippen LogP contribution < -0.4 is 10.1 Å². The number of aromatic nitrogens is 5. The number of nitrogens with one attached hydrogen (secondary N) is 1. The van der Waals surface area contributed by atoms with Crippen molar-refractivity contribution in [1.82, 2.24) is 29.7 Å². The van der Waals surface area contributed by atoms with Crippen LogP contribution in [0.25, 0.3) is 16.8 Å². The maximum Gasteiger partial charge on any atom is 0.163 e. The minimum Gasteiger partial charge on any atom is -0.479 e. The van der Waals surface area contributed by atoms with Gasteiger partial charge in [0.1, 0.15) is 17.1 Å². The zero-order valence-electron chi connectivity index (χ0n) is 16.7. The number of hydrogen-bond donors (Lipinski definition) is 2. The van der Waals surface area contributed by atoms with Crippen molar-refractivity contribution in [1.29, 1.82) is 0 Å². The van der Waals surface area contributed by atoms with E-state index in [9.17, 15) is 9.50 Å². The van der Waals surface area contributed by atoms with Crippen LogP contribution in [0.4, 0.5) is 4.39 Å². The standard InChI is InChI=1S/C21H20ClFN6O2/c1-12-17-9-24-4-5-28(17)27-20(12)13-6-18(21-15(22)8-26-29(21)10-13)31-19(11-30)16-3-2-14(23)7-25-16/h2-3,6-8,10,19,24,30H,4-5,9,11H2,1H3. The Bertz CT molecular complexity index is 1250. The molecule has 0 amide bonds. The minimum absolute atomic E-state index is 0.343. The Hall–Kier alpha value is -3.01. The van der Waals surface area contributed by atoms with Gasteiger partial charge in [-0.05, 0) is 30.7 Å². The summed E-state index contributed by atoms with van der Waals surface area (Å²) in [6.45, 7) is 4.14. The molecular weight excluding hydrogens is 423 g/mol. The van der Waals surface area contributed by atoms with E-state index in [1.54, 1.807) is 4.52 Å². The first-order chi connectivity index (χ1) is 15.0. The van der Waals surface area contributed by atoms with Crippen LogP contribution in [0.5, 0.6) is 5.75 Å². The molecule has 1 aliphatic rings. The molecule has 2 N–H and O–H groups in total. The summed E-state index contributed by atoms with van der Waals surface area (Å²) in [5.74, 6) is -0.0361. The topological polar surface area (TPSA) is 89.5 Å². The molecule has 0 spiro atoms. The Balaban J connectivity index is 1.60. The summed E-state index contributed by atoms with van der Waals surface area (Å²) < 4.78 is 23.0. The lowest BCUT2D eigenvalue weighted by Gasteiger charge is -2.18. The largest absolute Gasteiger partial charge is 0.479 e. The summed E-state index contributed by atoms with van der Waals surface area (Å²) in [4.78, 5) is 4.04. The summed E-state index contributed by atoms with van der Waals surface area (Å²) in [6.07, 6.45) is 3.68. The highest BCUT2D eigenvalue weighted by Gasteiger charge is 2.22. The van der Waals surface area contributed by atoms with Gasteiger partial charge in [0, 0.05) is 24.8 Å². The SMILES string of the molecule is Cc1c(-c2cc(OC(CO)c3ccc(F)cn3)c3c(Cl)cnn3c2)nn2c1CNCC2. The smallest absolute Gasteiger partial charge is 0.163 e. The van der Waals surface area contributed by atoms with Crippen LogP contribution in [-0.4, -0.2) is 42.6 Å². The van der Waals surface area contributed by atoms with E-state index in [1.807, 2.05) is 23.9 Å². The summed E-state index contributed by atoms with van der Waals surface area (Å²) in [5.41, 5.74) is 4.83. The average molecular weight is 443 g/mol. The van der Waals surface area contributed by atoms with E-state index in [1.165, 1.54) is 18.3 Å². The van der Waals surface area contributed by atoms with Crippen LogP contribution in [0.1, 0.15) is 23.1 Å². The molecule has 10 heteroatoms. The first-order valence-electron chi connectivity index (χ1n) is 9.88. The molecule has 1 aliphatic heterocycles. The van der Waals surface area contributed by atoms with E-state index >= 15 is 0 Å². The molecule has 160 valence electrons. The summed E-state index contributed by atoms with van der Waals surface area (Å²) in [5, 5.41) is 22.8. The van der Waals surface area contributed by atoms with Crippen molar-refractivity contribution < 1.29 is 14.2 Å². The van der Waals surface area contributed by atoms with E-state index < -0.39 is 11.9 Å². The third-order valence-corrected chi connectivity index (χ3v) is 5.71. The average Bonchev–Trinajstić information content (AvgIpc) is 3.33. The highest BCUT2D eigenvalue weighted by atomic mass is 35.5. The minimum atomic E-state index is -0.800. The monoisotopic (exact) mass is 442 g/mol. The van der Waals surface area contributed by atoms with Gasteiger partial charge in [0.15, 0.2) is 6.10 Å². The molecule has 0 saturated carbocycles. The molecule has 0 bridgehead atoms. The van der Waals surface area contributed by atoms with Gasteiger partial charge in [-0.2, -0.15) is 10.2 Å². The van der Waals surface area contributed by atoms with Gasteiger partial charge in [0.25, 0.3) is 0 Å². The summed E-state index contributed by atoms with van der Waals surface area (Å²) >= 11 is 6.36. The number of rotatable bonds is 5. The van der Waals surface area contributed by atoms with Gasteiger partial charge in [0.2, 0.25) is 0 Å². The Morgan fingerprint density at radius 1 is 1.35 bits per heavy atom. The zero-order chi connectivity index (χ0) is 21.5. The van der Waals surface area contributed by atoms with Gasteiger partial charge >= 0.3 is 0 Å². The predicted octanol–water partition coefficient (Wildman–Crippen LogP) is 2.91. The van der Waals surface area contributed by atoms with Crippen molar-refractivity contribution in [2.24, 2.45) is 0 Å². The zero-order valence-corrected chi connectivity index (χ0v) is 17.5. The fourth-order valence-electron chi connectivity index (χ4n) is 3.85. The lowest BCUT2D eigenvalue weighted by atomic mass is 10.1. The van der Waals surface area contributed by atoms with Crippen LogP contribution in [0.3, 0.4) is 0 Å². The number of hydrogen-bond acceptors (Lipinski definition) is 6. The summed E-state index contributed by atoms with van der Waals surface area (Å²) in [6, 6.07) is 4.60. The number of pyridine rings is 2. The highest BCUT2D eigenvalue weighted by Crippen LogP contribution is 2.35. The lowest BCUT2D eigenvalue weighted by Crippen LogP contribution is -2.28. The second-order valence-electron chi connectivity index (χ2n) is 7.39. The molecule has 1 atom stereocenters. The van der Waals surface area contributed by atoms with Crippen LogP contribution in [0, 0.1) is 12.7 Å². The van der Waals surface area contributed by atoms with Crippen molar-refractivity contribution in [3.8, 4) is 17.0 Å². The van der Waals surface area contributed by atoms with Crippen molar-refractivity contribution in [2.75, 3.05) is 13.2 Å². The fraction of sp³-hybridized carbons (Fsp3) is 0.286. The Morgan fingerprint density at radius 3 is 2.97 bits per heavy atom. The lowest BCUT2D eigenvalue weighted by molar-refractivity contribution is 0.114. The number of aliphatic hydroxyl groups excluding tert-OH is 1. The molecule has 5 heterocycles. The van der Waals surface area contributed by atoms with Crippen LogP contribution in [0.15, 0.2) is 36.8 Å². The first-order valence-corrected chi connectivity index (χ1v) is 10.3. The second kappa shape index (κ2) is 7.92. The molecule has 1 unspecified atom stereocenters. The molecule has 4 aromatic heterocycles. The number of ether oxygens (including phenoxy) is 1. The summed E-state index contributed by atoms with van der Waals surface area (Å²) in [7, 11) is 0.